The van der Waals surface area contributed by atoms with Gasteiger partial charge in [0.25, 0.3) is 0 Å². The lowest BCUT2D eigenvalue weighted by Gasteiger charge is -2.56. The Morgan fingerprint density at radius 3 is 1.12 bits per heavy atom. The first-order valence-corrected chi connectivity index (χ1v) is 24.5. The van der Waals surface area contributed by atoms with Crippen molar-refractivity contribution in [2.75, 3.05) is 0 Å². The average Bonchev–Trinajstić information content (AvgIpc) is 2.81. The lowest BCUT2D eigenvalue weighted by molar-refractivity contribution is 0.0425. The topological polar surface area (TPSA) is 95.8 Å². The smallest absolute Gasteiger partial charge is 0.391 e. The molecule has 2 aromatic carbocycles. The Morgan fingerprint density at radius 1 is 0.463 bits per heavy atom. The molecule has 0 spiro atoms. The van der Waals surface area contributed by atoms with E-state index in [0.717, 1.165) is 10.4 Å². The van der Waals surface area contributed by atoms with Gasteiger partial charge in [-0.15, -0.1) is 0 Å². The molecule has 2 bridgehead atoms. The van der Waals surface area contributed by atoms with Gasteiger partial charge < -0.3 is 34.3 Å². The fraction of sp³-hybridized carbons (Fsp3) is 0.571. The Hall–Kier alpha value is -0.796. The van der Waals surface area contributed by atoms with Gasteiger partial charge in [-0.05, 0) is 34.0 Å². The van der Waals surface area contributed by atoms with Crippen molar-refractivity contribution in [3.8, 4) is 0 Å². The highest BCUT2D eigenvalue weighted by atomic mass is 28.6. The van der Waals surface area contributed by atoms with Gasteiger partial charge in [-0.1, -0.05) is 116 Å². The van der Waals surface area contributed by atoms with Crippen molar-refractivity contribution in [1.29, 1.82) is 0 Å². The van der Waals surface area contributed by atoms with E-state index in [-0.39, 0.29) is 35.8 Å². The van der Waals surface area contributed by atoms with E-state index in [2.05, 4.69) is 27.7 Å². The minimum absolute atomic E-state index is 0.0521. The average molecular weight is 653 g/mol. The Bertz CT molecular complexity index is 1050. The molecule has 4 atom stereocenters. The van der Waals surface area contributed by atoms with Crippen LogP contribution in [0.2, 0.25) is 24.2 Å². The predicted octanol–water partition coefficient (Wildman–Crippen LogP) is 4.73. The fourth-order valence-corrected chi connectivity index (χ4v) is 32.8. The highest BCUT2D eigenvalue weighted by Crippen LogP contribution is 2.45. The Labute approximate surface area is 251 Å². The van der Waals surface area contributed by atoms with E-state index in [0.29, 0.717) is 12.1 Å². The summed E-state index contributed by atoms with van der Waals surface area (Å²) in [7, 11) is -19.2. The summed E-state index contributed by atoms with van der Waals surface area (Å²) in [5, 5.41) is 1.82. The van der Waals surface area contributed by atoms with E-state index in [1.165, 1.54) is 0 Å². The molecule has 0 amide bonds. The third kappa shape index (κ3) is 7.84. The summed E-state index contributed by atoms with van der Waals surface area (Å²) in [5.41, 5.74) is 0. The molecule has 0 saturated carbocycles. The molecule has 41 heavy (non-hydrogen) atoms. The molecule has 2 aliphatic rings. The molecular formula is C28H48O8Si5. The molecule has 0 radical (unpaired) electrons. The van der Waals surface area contributed by atoms with Crippen LogP contribution < -0.4 is 10.4 Å². The number of hydrogen-bond donors (Lipinski definition) is 2. The fourth-order valence-electron chi connectivity index (χ4n) is 5.76. The Balaban J connectivity index is 2.04. The van der Waals surface area contributed by atoms with Crippen molar-refractivity contribution >= 4 is 54.2 Å². The summed E-state index contributed by atoms with van der Waals surface area (Å²) in [6.07, 6.45) is 0. The molecule has 13 heteroatoms. The van der Waals surface area contributed by atoms with Gasteiger partial charge in [0.15, 0.2) is 0 Å². The first-order chi connectivity index (χ1) is 19.1. The normalized spacial score (nSPS) is 32.0. The quantitative estimate of drug-likeness (QED) is 0.356. The van der Waals surface area contributed by atoms with Crippen molar-refractivity contribution in [3.63, 3.8) is 0 Å². The molecule has 2 aliphatic heterocycles. The maximum Gasteiger partial charge on any atom is 0.483 e. The molecular weight excluding hydrogens is 605 g/mol. The first-order valence-electron chi connectivity index (χ1n) is 14.9. The molecule has 2 fully saturated rings. The molecule has 228 valence electrons. The van der Waals surface area contributed by atoms with E-state index in [9.17, 15) is 9.59 Å². The maximum absolute atomic E-state index is 12.2. The van der Waals surface area contributed by atoms with Crippen molar-refractivity contribution in [2.24, 2.45) is 23.7 Å². The zero-order valence-electron chi connectivity index (χ0n) is 25.8. The van der Waals surface area contributed by atoms with Crippen LogP contribution in [0.15, 0.2) is 60.7 Å². The van der Waals surface area contributed by atoms with Gasteiger partial charge in [0.1, 0.15) is 0 Å². The van der Waals surface area contributed by atoms with Crippen LogP contribution in [0.5, 0.6) is 0 Å². The Morgan fingerprint density at radius 2 is 0.805 bits per heavy atom. The molecule has 2 heterocycles. The van der Waals surface area contributed by atoms with E-state index in [4.69, 9.17) is 24.7 Å². The second-order valence-electron chi connectivity index (χ2n) is 13.1. The third-order valence-electron chi connectivity index (χ3n) is 6.81. The van der Waals surface area contributed by atoms with Crippen LogP contribution in [0.25, 0.3) is 0 Å². The van der Waals surface area contributed by atoms with Gasteiger partial charge in [0, 0.05) is 24.2 Å². The molecule has 2 saturated heterocycles. The minimum atomic E-state index is -4.05. The SMILES string of the molecule is CC(C)C[Si@@]1(O)O[Si@@](O)(CC(C)C)O[Si@@]2(CC(C)C)O[Si](c3ccccc3)(c3ccccc3)O[Si@@](CC(C)C)(O1)O2. The van der Waals surface area contributed by atoms with Gasteiger partial charge >= 0.3 is 43.8 Å². The van der Waals surface area contributed by atoms with E-state index in [1.54, 1.807) is 0 Å². The first kappa shape index (κ1) is 33.1. The molecule has 0 aliphatic carbocycles. The maximum atomic E-state index is 12.2. The summed E-state index contributed by atoms with van der Waals surface area (Å²) < 4.78 is 41.8. The Kier molecular flexibility index (Phi) is 10.2. The highest BCUT2D eigenvalue weighted by Gasteiger charge is 2.73. The van der Waals surface area contributed by atoms with Crippen LogP contribution in [-0.2, 0) is 24.7 Å². The summed E-state index contributed by atoms with van der Waals surface area (Å²) in [6.45, 7) is 16.4. The third-order valence-corrected chi connectivity index (χ3v) is 29.2. The molecule has 0 aromatic heterocycles. The second kappa shape index (κ2) is 12.7. The number of rotatable bonds is 10. The predicted molar refractivity (Wildman–Crippen MR) is 170 cm³/mol. The van der Waals surface area contributed by atoms with Gasteiger partial charge in [0.05, 0.1) is 0 Å². The van der Waals surface area contributed by atoms with Crippen LogP contribution >= 0.6 is 0 Å². The van der Waals surface area contributed by atoms with Crippen LogP contribution in [0.4, 0.5) is 0 Å². The molecule has 4 rings (SSSR count). The molecule has 2 aromatic rings. The van der Waals surface area contributed by atoms with Crippen molar-refractivity contribution in [3.05, 3.63) is 60.7 Å². The van der Waals surface area contributed by atoms with Crippen LogP contribution in [0.3, 0.4) is 0 Å². The second-order valence-corrected chi connectivity index (χ2v) is 27.6. The summed E-state index contributed by atoms with van der Waals surface area (Å²) in [4.78, 5) is 24.4. The molecule has 8 nitrogen and oxygen atoms in total. The highest BCUT2D eigenvalue weighted by molar-refractivity contribution is 7.05. The van der Waals surface area contributed by atoms with Crippen molar-refractivity contribution in [1.82, 2.24) is 0 Å². The van der Waals surface area contributed by atoms with Crippen LogP contribution in [0, 0.1) is 23.7 Å². The van der Waals surface area contributed by atoms with Crippen LogP contribution in [-0.4, -0.2) is 53.4 Å². The van der Waals surface area contributed by atoms with Gasteiger partial charge in [-0.3, -0.25) is 0 Å². The monoisotopic (exact) mass is 652 g/mol. The molecule has 2 N–H and O–H groups in total. The standard InChI is InChI=1S/C28H48O8Si5/c1-23(2)19-37(29)31-38(30,20-24(3)4)33-40(22-26(7)8)34-39(32-37,21-25(5)6)35-41(36-40,27-15-11-9-12-16-27)28-17-13-10-14-18-28/h9-18,23-26,29-30H,19-22H2,1-8H3/t37-,38+,39+,40-. The van der Waals surface area contributed by atoms with Crippen molar-refractivity contribution < 1.29 is 34.3 Å². The van der Waals surface area contributed by atoms with E-state index in [1.807, 2.05) is 88.4 Å². The van der Waals surface area contributed by atoms with Crippen LogP contribution in [0.1, 0.15) is 55.4 Å². The summed E-state index contributed by atoms with van der Waals surface area (Å²) in [6, 6.07) is 21.4. The van der Waals surface area contributed by atoms with Gasteiger partial charge in [-0.25, -0.2) is 0 Å². The lowest BCUT2D eigenvalue weighted by atomic mass is 10.3. The van der Waals surface area contributed by atoms with Gasteiger partial charge in [0.2, 0.25) is 0 Å². The van der Waals surface area contributed by atoms with E-state index >= 15 is 0 Å². The summed E-state index contributed by atoms with van der Waals surface area (Å²) >= 11 is 0. The zero-order chi connectivity index (χ0) is 30.1. The largest absolute Gasteiger partial charge is 0.483 e. The van der Waals surface area contributed by atoms with Gasteiger partial charge in [-0.2, -0.15) is 0 Å². The number of hydrogen-bond acceptors (Lipinski definition) is 8. The lowest BCUT2D eigenvalue weighted by Crippen LogP contribution is -2.84. The van der Waals surface area contributed by atoms with E-state index < -0.39 is 43.8 Å². The number of fused-ring (bicyclic) bond motifs is 2. The molecule has 0 unspecified atom stereocenters. The van der Waals surface area contributed by atoms with Crippen molar-refractivity contribution in [2.45, 2.75) is 79.6 Å². The minimum Gasteiger partial charge on any atom is -0.391 e. The zero-order valence-corrected chi connectivity index (χ0v) is 30.8. The summed E-state index contributed by atoms with van der Waals surface area (Å²) in [5.74, 6) is 0.368. The number of benzene rings is 2.